The van der Waals surface area contributed by atoms with Crippen LogP contribution in [0.2, 0.25) is 0 Å². The van der Waals surface area contributed by atoms with Gasteiger partial charge in [-0.15, -0.1) is 0 Å². The van der Waals surface area contributed by atoms with Gasteiger partial charge in [0.2, 0.25) is 0 Å². The predicted octanol–water partition coefficient (Wildman–Crippen LogP) is 2.16. The molecule has 1 saturated carbocycles. The summed E-state index contributed by atoms with van der Waals surface area (Å²) >= 11 is 0. The number of ether oxygens (including phenoxy) is 1. The zero-order chi connectivity index (χ0) is 14.3. The Labute approximate surface area is 118 Å². The molecule has 19 heavy (non-hydrogen) atoms. The number of rotatable bonds is 7. The van der Waals surface area contributed by atoms with Crippen LogP contribution in [-0.4, -0.2) is 49.8 Å². The van der Waals surface area contributed by atoms with Crippen molar-refractivity contribution < 1.29 is 4.74 Å². The number of nitrogens with one attached hydrogen (secondary N) is 1. The summed E-state index contributed by atoms with van der Waals surface area (Å²) in [6.07, 6.45) is 5.28. The lowest BCUT2D eigenvalue weighted by molar-refractivity contribution is 0.0619. The maximum absolute atomic E-state index is 9.55. The van der Waals surface area contributed by atoms with E-state index in [1.165, 1.54) is 6.42 Å². The molecule has 1 aliphatic carbocycles. The third-order valence-corrected chi connectivity index (χ3v) is 4.33. The molecule has 4 nitrogen and oxygen atoms in total. The van der Waals surface area contributed by atoms with Crippen LogP contribution in [0.4, 0.5) is 0 Å². The summed E-state index contributed by atoms with van der Waals surface area (Å²) in [5, 5.41) is 13.0. The average Bonchev–Trinajstić information content (AvgIpc) is 2.44. The van der Waals surface area contributed by atoms with Crippen molar-refractivity contribution >= 4 is 0 Å². The molecule has 0 saturated heterocycles. The molecule has 0 aromatic carbocycles. The fourth-order valence-corrected chi connectivity index (χ4v) is 2.98. The summed E-state index contributed by atoms with van der Waals surface area (Å²) in [7, 11) is 3.90. The van der Waals surface area contributed by atoms with Gasteiger partial charge in [-0.2, -0.15) is 5.26 Å². The first-order valence-corrected chi connectivity index (χ1v) is 7.45. The predicted molar refractivity (Wildman–Crippen MR) is 78.0 cm³/mol. The van der Waals surface area contributed by atoms with Crippen LogP contribution in [0.25, 0.3) is 0 Å². The lowest BCUT2D eigenvalue weighted by Gasteiger charge is -2.42. The van der Waals surface area contributed by atoms with Crippen LogP contribution in [0.5, 0.6) is 0 Å². The first-order valence-electron chi connectivity index (χ1n) is 7.45. The Kier molecular flexibility index (Phi) is 6.78. The fourth-order valence-electron chi connectivity index (χ4n) is 2.98. The van der Waals surface area contributed by atoms with E-state index in [-0.39, 0.29) is 5.54 Å². The Morgan fingerprint density at radius 2 is 2.32 bits per heavy atom. The molecule has 3 unspecified atom stereocenters. The Hall–Kier alpha value is -0.630. The summed E-state index contributed by atoms with van der Waals surface area (Å²) in [6, 6.07) is 3.41. The minimum absolute atomic E-state index is 0.319. The molecule has 0 aromatic heterocycles. The lowest BCUT2D eigenvalue weighted by atomic mass is 9.79. The molecule has 0 amide bonds. The number of hydrogen-bond donors (Lipinski definition) is 1. The monoisotopic (exact) mass is 267 g/mol. The highest BCUT2D eigenvalue weighted by Gasteiger charge is 2.38. The maximum Gasteiger partial charge on any atom is 0.108 e. The zero-order valence-corrected chi connectivity index (χ0v) is 12.9. The molecule has 1 aliphatic rings. The quantitative estimate of drug-likeness (QED) is 0.768. The highest BCUT2D eigenvalue weighted by atomic mass is 16.5. The number of nitriles is 1. The second-order valence-electron chi connectivity index (χ2n) is 5.84. The van der Waals surface area contributed by atoms with Crippen molar-refractivity contribution in [2.24, 2.45) is 0 Å². The molecule has 4 heteroatoms. The van der Waals surface area contributed by atoms with E-state index in [2.05, 4.69) is 37.2 Å². The molecule has 1 N–H and O–H groups in total. The molecular weight excluding hydrogens is 238 g/mol. The lowest BCUT2D eigenvalue weighted by Crippen LogP contribution is -2.54. The van der Waals surface area contributed by atoms with Gasteiger partial charge in [0, 0.05) is 19.2 Å². The van der Waals surface area contributed by atoms with Crippen molar-refractivity contribution in [3.05, 3.63) is 0 Å². The second-order valence-corrected chi connectivity index (χ2v) is 5.84. The van der Waals surface area contributed by atoms with Crippen molar-refractivity contribution in [2.75, 3.05) is 27.3 Å². The van der Waals surface area contributed by atoms with Gasteiger partial charge in [-0.1, -0.05) is 6.92 Å². The van der Waals surface area contributed by atoms with Crippen molar-refractivity contribution in [3.63, 3.8) is 0 Å². The Balaban J connectivity index is 2.64. The summed E-state index contributed by atoms with van der Waals surface area (Å²) in [5.74, 6) is 0. The summed E-state index contributed by atoms with van der Waals surface area (Å²) in [5.41, 5.74) is -0.319. The van der Waals surface area contributed by atoms with E-state index < -0.39 is 0 Å². The molecule has 0 aliphatic heterocycles. The third-order valence-electron chi connectivity index (χ3n) is 4.33. The fraction of sp³-hybridized carbons (Fsp3) is 0.933. The first-order chi connectivity index (χ1) is 9.08. The molecule has 0 radical (unpaired) electrons. The first kappa shape index (κ1) is 16.4. The Bertz CT molecular complexity index is 302. The van der Waals surface area contributed by atoms with E-state index in [0.717, 1.165) is 38.8 Å². The van der Waals surface area contributed by atoms with Crippen molar-refractivity contribution in [1.29, 1.82) is 5.26 Å². The standard InChI is InChI=1S/C15H29N3O/c1-5-9-17-15(12-16)8-6-7-14(10-15)18(3)13(2)11-19-4/h13-14,17H,5-11H2,1-4H3. The van der Waals surface area contributed by atoms with Crippen LogP contribution >= 0.6 is 0 Å². The average molecular weight is 267 g/mol. The normalized spacial score (nSPS) is 29.2. The molecule has 0 spiro atoms. The molecule has 1 fully saturated rings. The summed E-state index contributed by atoms with van der Waals surface area (Å²) in [4.78, 5) is 2.38. The van der Waals surface area contributed by atoms with Gasteiger partial charge >= 0.3 is 0 Å². The molecule has 0 bridgehead atoms. The van der Waals surface area contributed by atoms with Gasteiger partial charge in [0.05, 0.1) is 12.7 Å². The number of hydrogen-bond acceptors (Lipinski definition) is 4. The summed E-state index contributed by atoms with van der Waals surface area (Å²) < 4.78 is 5.24. The number of likely N-dealkylation sites (N-methyl/N-ethyl adjacent to an activating group) is 1. The summed E-state index contributed by atoms with van der Waals surface area (Å²) in [6.45, 7) is 6.00. The van der Waals surface area contributed by atoms with Crippen LogP contribution < -0.4 is 5.32 Å². The molecule has 0 aromatic rings. The minimum atomic E-state index is -0.319. The van der Waals surface area contributed by atoms with E-state index in [0.29, 0.717) is 12.1 Å². The molecule has 110 valence electrons. The maximum atomic E-state index is 9.55. The van der Waals surface area contributed by atoms with Gasteiger partial charge in [-0.3, -0.25) is 10.2 Å². The van der Waals surface area contributed by atoms with Crippen LogP contribution in [-0.2, 0) is 4.74 Å². The Morgan fingerprint density at radius 1 is 1.58 bits per heavy atom. The van der Waals surface area contributed by atoms with Crippen molar-refractivity contribution in [3.8, 4) is 6.07 Å². The topological polar surface area (TPSA) is 48.3 Å². The number of nitrogens with zero attached hydrogens (tertiary/aromatic N) is 2. The highest BCUT2D eigenvalue weighted by Crippen LogP contribution is 2.31. The van der Waals surface area contributed by atoms with E-state index in [1.54, 1.807) is 7.11 Å². The van der Waals surface area contributed by atoms with Crippen LogP contribution in [0, 0.1) is 11.3 Å². The molecule has 3 atom stereocenters. The zero-order valence-electron chi connectivity index (χ0n) is 12.9. The molecular formula is C15H29N3O. The van der Waals surface area contributed by atoms with Crippen molar-refractivity contribution in [2.45, 2.75) is 63.6 Å². The van der Waals surface area contributed by atoms with E-state index in [1.807, 2.05) is 0 Å². The molecule has 1 rings (SSSR count). The van der Waals surface area contributed by atoms with E-state index in [4.69, 9.17) is 4.74 Å². The van der Waals surface area contributed by atoms with Gasteiger partial charge in [0.25, 0.3) is 0 Å². The molecule has 0 heterocycles. The van der Waals surface area contributed by atoms with Gasteiger partial charge < -0.3 is 4.74 Å². The smallest absolute Gasteiger partial charge is 0.108 e. The number of methoxy groups -OCH3 is 1. The highest BCUT2D eigenvalue weighted by molar-refractivity contribution is 5.11. The third kappa shape index (κ3) is 4.45. The van der Waals surface area contributed by atoms with Crippen LogP contribution in [0.3, 0.4) is 0 Å². The van der Waals surface area contributed by atoms with Crippen LogP contribution in [0.15, 0.2) is 0 Å². The van der Waals surface area contributed by atoms with Crippen molar-refractivity contribution in [1.82, 2.24) is 10.2 Å². The van der Waals surface area contributed by atoms with Gasteiger partial charge in [0.15, 0.2) is 0 Å². The minimum Gasteiger partial charge on any atom is -0.383 e. The van der Waals surface area contributed by atoms with Gasteiger partial charge in [0.1, 0.15) is 5.54 Å². The van der Waals surface area contributed by atoms with E-state index in [9.17, 15) is 5.26 Å². The van der Waals surface area contributed by atoms with E-state index >= 15 is 0 Å². The second kappa shape index (κ2) is 7.84. The van der Waals surface area contributed by atoms with Crippen LogP contribution in [0.1, 0.15) is 46.0 Å². The SMILES string of the molecule is CCCNC1(C#N)CCCC(N(C)C(C)COC)C1. The largest absolute Gasteiger partial charge is 0.383 e. The van der Waals surface area contributed by atoms with Gasteiger partial charge in [-0.25, -0.2) is 0 Å². The van der Waals surface area contributed by atoms with Gasteiger partial charge in [-0.05, 0) is 52.6 Å². The Morgan fingerprint density at radius 3 is 2.89 bits per heavy atom.